The van der Waals surface area contributed by atoms with Gasteiger partial charge in [0, 0.05) is 11.1 Å². The summed E-state index contributed by atoms with van der Waals surface area (Å²) in [6.45, 7) is 2.27. The van der Waals surface area contributed by atoms with Crippen molar-refractivity contribution in [1.82, 2.24) is 4.98 Å². The number of aromatic nitrogens is 1. The van der Waals surface area contributed by atoms with E-state index in [0.29, 0.717) is 0 Å². The Balaban J connectivity index is 1.67. The van der Waals surface area contributed by atoms with E-state index in [1.165, 1.54) is 62.4 Å². The number of hydrogen-bond donors (Lipinski definition) is 1. The van der Waals surface area contributed by atoms with Crippen molar-refractivity contribution in [2.45, 2.75) is 64.7 Å². The molecule has 0 saturated carbocycles. The molecule has 2 rings (SSSR count). The summed E-state index contributed by atoms with van der Waals surface area (Å²) in [6.07, 6.45) is 12.1. The number of H-pyrrole nitrogens is 1. The summed E-state index contributed by atoms with van der Waals surface area (Å²) in [5, 5.41) is 2.05. The molecular formula is C18H26ClN. The quantitative estimate of drug-likeness (QED) is 0.507. The van der Waals surface area contributed by atoms with Gasteiger partial charge < -0.3 is 4.98 Å². The molecule has 1 aromatic heterocycles. The van der Waals surface area contributed by atoms with Gasteiger partial charge >= 0.3 is 0 Å². The van der Waals surface area contributed by atoms with Gasteiger partial charge in [0.1, 0.15) is 0 Å². The van der Waals surface area contributed by atoms with Crippen LogP contribution in [-0.4, -0.2) is 4.98 Å². The predicted molar refractivity (Wildman–Crippen MR) is 89.6 cm³/mol. The molecule has 110 valence electrons. The van der Waals surface area contributed by atoms with Crippen molar-refractivity contribution < 1.29 is 0 Å². The Morgan fingerprint density at radius 3 is 2.35 bits per heavy atom. The first-order valence-electron chi connectivity index (χ1n) is 8.07. The molecule has 0 fully saturated rings. The fourth-order valence-electron chi connectivity index (χ4n) is 2.76. The monoisotopic (exact) mass is 291 g/mol. The number of para-hydroxylation sites is 1. The van der Waals surface area contributed by atoms with Crippen molar-refractivity contribution in [3.63, 3.8) is 0 Å². The molecule has 0 bridgehead atoms. The second kappa shape index (κ2) is 8.36. The van der Waals surface area contributed by atoms with Crippen LogP contribution in [0.5, 0.6) is 0 Å². The van der Waals surface area contributed by atoms with Crippen LogP contribution in [0.4, 0.5) is 0 Å². The highest BCUT2D eigenvalue weighted by molar-refractivity contribution is 6.35. The molecule has 0 amide bonds. The lowest BCUT2D eigenvalue weighted by Gasteiger charge is -2.01. The number of fused-ring (bicyclic) bond motifs is 1. The third-order valence-electron chi connectivity index (χ3n) is 3.96. The minimum Gasteiger partial charge on any atom is -0.357 e. The fraction of sp³-hybridized carbons (Fsp3) is 0.556. The number of unbranched alkanes of at least 4 members (excludes halogenated alkanes) is 7. The van der Waals surface area contributed by atoms with Gasteiger partial charge in [0.2, 0.25) is 0 Å². The van der Waals surface area contributed by atoms with Crippen molar-refractivity contribution >= 4 is 22.5 Å². The number of nitrogens with one attached hydrogen (secondary N) is 1. The Morgan fingerprint density at radius 1 is 0.950 bits per heavy atom. The lowest BCUT2D eigenvalue weighted by molar-refractivity contribution is 0.574. The zero-order valence-electron chi connectivity index (χ0n) is 12.6. The molecule has 0 aliphatic rings. The molecule has 1 nitrogen and oxygen atoms in total. The highest BCUT2D eigenvalue weighted by Crippen LogP contribution is 2.24. The molecule has 1 heterocycles. The molecule has 0 saturated heterocycles. The molecule has 0 spiro atoms. The van der Waals surface area contributed by atoms with Gasteiger partial charge in [0.15, 0.2) is 0 Å². The first kappa shape index (κ1) is 15.4. The predicted octanol–water partition coefficient (Wildman–Crippen LogP) is 6.50. The minimum atomic E-state index is 0.824. The third kappa shape index (κ3) is 4.56. The molecule has 2 aromatic rings. The maximum Gasteiger partial charge on any atom is 0.0647 e. The molecule has 2 heteroatoms. The first-order chi connectivity index (χ1) is 9.81. The molecular weight excluding hydrogens is 266 g/mol. The number of aryl methyl sites for hydroxylation is 1. The van der Waals surface area contributed by atoms with E-state index in [-0.39, 0.29) is 0 Å². The van der Waals surface area contributed by atoms with Crippen LogP contribution in [0.1, 0.15) is 64.0 Å². The molecule has 0 unspecified atom stereocenters. The second-order valence-corrected chi connectivity index (χ2v) is 6.13. The zero-order chi connectivity index (χ0) is 14.2. The van der Waals surface area contributed by atoms with E-state index in [1.807, 2.05) is 12.1 Å². The van der Waals surface area contributed by atoms with Crippen LogP contribution in [0.3, 0.4) is 0 Å². The summed E-state index contributed by atoms with van der Waals surface area (Å²) in [5.74, 6) is 0. The molecule has 20 heavy (non-hydrogen) atoms. The highest BCUT2D eigenvalue weighted by atomic mass is 35.5. The third-order valence-corrected chi connectivity index (χ3v) is 4.28. The van der Waals surface area contributed by atoms with Gasteiger partial charge in [-0.25, -0.2) is 0 Å². The van der Waals surface area contributed by atoms with Gasteiger partial charge in [-0.05, 0) is 25.0 Å². The van der Waals surface area contributed by atoms with E-state index < -0.39 is 0 Å². The Kier molecular flexibility index (Phi) is 6.46. The first-order valence-corrected chi connectivity index (χ1v) is 8.45. The highest BCUT2D eigenvalue weighted by Gasteiger charge is 2.03. The SMILES string of the molecule is CCCCCCCCCCc1cc2cccc(Cl)c2[nH]1. The summed E-state index contributed by atoms with van der Waals surface area (Å²) in [6, 6.07) is 8.32. The lowest BCUT2D eigenvalue weighted by Crippen LogP contribution is -1.86. The van der Waals surface area contributed by atoms with Crippen LogP contribution >= 0.6 is 11.6 Å². The maximum absolute atomic E-state index is 6.18. The van der Waals surface area contributed by atoms with Crippen LogP contribution in [0.25, 0.3) is 10.9 Å². The Hall–Kier alpha value is -0.950. The molecule has 0 aliphatic carbocycles. The average molecular weight is 292 g/mol. The number of hydrogen-bond acceptors (Lipinski definition) is 0. The zero-order valence-corrected chi connectivity index (χ0v) is 13.3. The van der Waals surface area contributed by atoms with Gasteiger partial charge in [-0.2, -0.15) is 0 Å². The van der Waals surface area contributed by atoms with E-state index >= 15 is 0 Å². The largest absolute Gasteiger partial charge is 0.357 e. The van der Waals surface area contributed by atoms with Crippen LogP contribution in [0.2, 0.25) is 5.02 Å². The van der Waals surface area contributed by atoms with Gasteiger partial charge in [-0.3, -0.25) is 0 Å². The van der Waals surface area contributed by atoms with Crippen molar-refractivity contribution in [3.05, 3.63) is 35.0 Å². The van der Waals surface area contributed by atoms with Crippen molar-refractivity contribution in [3.8, 4) is 0 Å². The van der Waals surface area contributed by atoms with E-state index in [4.69, 9.17) is 11.6 Å². The smallest absolute Gasteiger partial charge is 0.0647 e. The van der Waals surface area contributed by atoms with E-state index in [2.05, 4.69) is 24.0 Å². The topological polar surface area (TPSA) is 15.8 Å². The standard InChI is InChI=1S/C18H26ClN/c1-2-3-4-5-6-7-8-9-12-16-14-15-11-10-13-17(19)18(15)20-16/h10-11,13-14,20H,2-9,12H2,1H3. The van der Waals surface area contributed by atoms with Crippen LogP contribution in [-0.2, 0) is 6.42 Å². The van der Waals surface area contributed by atoms with Gasteiger partial charge in [-0.15, -0.1) is 0 Å². The van der Waals surface area contributed by atoms with Crippen LogP contribution in [0, 0.1) is 0 Å². The Morgan fingerprint density at radius 2 is 1.65 bits per heavy atom. The van der Waals surface area contributed by atoms with Crippen molar-refractivity contribution in [1.29, 1.82) is 0 Å². The Labute approximate surface area is 127 Å². The number of aromatic amines is 1. The average Bonchev–Trinajstić information content (AvgIpc) is 2.86. The lowest BCUT2D eigenvalue weighted by atomic mass is 10.1. The molecule has 1 N–H and O–H groups in total. The van der Waals surface area contributed by atoms with E-state index in [0.717, 1.165) is 17.0 Å². The van der Waals surface area contributed by atoms with Gasteiger partial charge in [0.25, 0.3) is 0 Å². The fourth-order valence-corrected chi connectivity index (χ4v) is 2.99. The van der Waals surface area contributed by atoms with Crippen molar-refractivity contribution in [2.75, 3.05) is 0 Å². The number of rotatable bonds is 9. The van der Waals surface area contributed by atoms with E-state index in [1.54, 1.807) is 0 Å². The normalized spacial score (nSPS) is 11.3. The van der Waals surface area contributed by atoms with Gasteiger partial charge in [0.05, 0.1) is 10.5 Å². The summed E-state index contributed by atoms with van der Waals surface area (Å²) in [7, 11) is 0. The summed E-state index contributed by atoms with van der Waals surface area (Å²) >= 11 is 6.18. The summed E-state index contributed by atoms with van der Waals surface area (Å²) in [4.78, 5) is 3.45. The Bertz CT molecular complexity index is 515. The van der Waals surface area contributed by atoms with Gasteiger partial charge in [-0.1, -0.05) is 75.6 Å². The molecule has 0 atom stereocenters. The maximum atomic E-state index is 6.18. The molecule has 1 aromatic carbocycles. The second-order valence-electron chi connectivity index (χ2n) is 5.72. The summed E-state index contributed by atoms with van der Waals surface area (Å²) in [5.41, 5.74) is 2.41. The van der Waals surface area contributed by atoms with E-state index in [9.17, 15) is 0 Å². The van der Waals surface area contributed by atoms with Crippen molar-refractivity contribution in [2.24, 2.45) is 0 Å². The minimum absolute atomic E-state index is 0.824. The van der Waals surface area contributed by atoms with Crippen LogP contribution in [0.15, 0.2) is 24.3 Å². The molecule has 0 radical (unpaired) electrons. The summed E-state index contributed by atoms with van der Waals surface area (Å²) < 4.78 is 0. The molecule has 0 aliphatic heterocycles. The number of benzene rings is 1. The van der Waals surface area contributed by atoms with Crippen LogP contribution < -0.4 is 0 Å². The number of halogens is 1.